The quantitative estimate of drug-likeness (QED) is 0.790. The maximum absolute atomic E-state index is 12.1. The first kappa shape index (κ1) is 15.5. The number of likely N-dealkylation sites (N-methyl/N-ethyl adjacent to an activating group) is 1. The van der Waals surface area contributed by atoms with E-state index in [4.69, 9.17) is 4.74 Å². The molecule has 0 spiro atoms. The zero-order valence-corrected chi connectivity index (χ0v) is 13.2. The molecule has 2 aromatic rings. The third-order valence-electron chi connectivity index (χ3n) is 3.36. The minimum absolute atomic E-state index is 0.169. The maximum atomic E-state index is 12.1. The summed E-state index contributed by atoms with van der Waals surface area (Å²) in [5.74, 6) is 1.01. The van der Waals surface area contributed by atoms with E-state index in [1.165, 1.54) is 0 Å². The second-order valence-corrected chi connectivity index (χ2v) is 5.82. The Morgan fingerprint density at radius 2 is 2.05 bits per heavy atom. The first-order valence-corrected chi connectivity index (χ1v) is 7.82. The summed E-state index contributed by atoms with van der Waals surface area (Å²) >= 11 is 1.63. The average Bonchev–Trinajstić information content (AvgIpc) is 3.04. The molecule has 0 unspecified atom stereocenters. The number of hydrogen-bond donors (Lipinski definition) is 0. The maximum Gasteiger partial charge on any atom is 0.222 e. The molecule has 0 bridgehead atoms. The predicted molar refractivity (Wildman–Crippen MR) is 84.8 cm³/mol. The van der Waals surface area contributed by atoms with Crippen LogP contribution in [0.25, 0.3) is 0 Å². The minimum atomic E-state index is 0.169. The summed E-state index contributed by atoms with van der Waals surface area (Å²) in [5, 5.41) is 3.03. The third-order valence-corrected chi connectivity index (χ3v) is 4.20. The van der Waals surface area contributed by atoms with Crippen molar-refractivity contribution in [3.05, 3.63) is 46.4 Å². The number of aryl methyl sites for hydroxylation is 1. The molecule has 2 rings (SSSR count). The van der Waals surface area contributed by atoms with Crippen LogP contribution in [-0.4, -0.2) is 36.5 Å². The highest BCUT2D eigenvalue weighted by Gasteiger charge is 2.09. The number of aromatic nitrogens is 1. The van der Waals surface area contributed by atoms with E-state index in [0.29, 0.717) is 6.42 Å². The Balaban J connectivity index is 1.74. The van der Waals surface area contributed by atoms with Gasteiger partial charge in [-0.05, 0) is 24.1 Å². The molecule has 0 saturated carbocycles. The fraction of sp³-hybridized carbons (Fsp3) is 0.375. The third kappa shape index (κ3) is 4.86. The molecular weight excluding hydrogens is 284 g/mol. The number of amides is 1. The lowest BCUT2D eigenvalue weighted by atomic mass is 10.1. The van der Waals surface area contributed by atoms with Gasteiger partial charge in [0.25, 0.3) is 0 Å². The van der Waals surface area contributed by atoms with E-state index < -0.39 is 0 Å². The summed E-state index contributed by atoms with van der Waals surface area (Å²) in [7, 11) is 3.50. The standard InChI is InChI=1S/C16H20N2O2S/c1-18(11-9-15-17-10-12-21-15)16(19)8-5-13-3-6-14(20-2)7-4-13/h3-4,6-7,10,12H,5,8-9,11H2,1-2H3. The van der Waals surface area contributed by atoms with Gasteiger partial charge in [-0.1, -0.05) is 12.1 Å². The summed E-state index contributed by atoms with van der Waals surface area (Å²) in [6.07, 6.45) is 3.90. The van der Waals surface area contributed by atoms with Gasteiger partial charge in [-0.2, -0.15) is 0 Å². The summed E-state index contributed by atoms with van der Waals surface area (Å²) in [6, 6.07) is 7.85. The Bertz CT molecular complexity index is 552. The lowest BCUT2D eigenvalue weighted by Crippen LogP contribution is -2.29. The molecule has 0 fully saturated rings. The van der Waals surface area contributed by atoms with Crippen LogP contribution < -0.4 is 4.74 Å². The molecular formula is C16H20N2O2S. The molecule has 1 aromatic carbocycles. The monoisotopic (exact) mass is 304 g/mol. The van der Waals surface area contributed by atoms with E-state index in [9.17, 15) is 4.79 Å². The number of carbonyl (C=O) groups is 1. The molecule has 0 aliphatic heterocycles. The van der Waals surface area contributed by atoms with Crippen molar-refractivity contribution in [1.82, 2.24) is 9.88 Å². The van der Waals surface area contributed by atoms with Gasteiger partial charge >= 0.3 is 0 Å². The number of benzene rings is 1. The van der Waals surface area contributed by atoms with Gasteiger partial charge in [0.1, 0.15) is 5.75 Å². The Labute approximate surface area is 129 Å². The number of hydrogen-bond acceptors (Lipinski definition) is 4. The van der Waals surface area contributed by atoms with Crippen LogP contribution in [0, 0.1) is 0 Å². The number of thiazole rings is 1. The summed E-state index contributed by atoms with van der Waals surface area (Å²) < 4.78 is 5.12. The van der Waals surface area contributed by atoms with Crippen molar-refractivity contribution in [2.45, 2.75) is 19.3 Å². The van der Waals surface area contributed by atoms with E-state index in [1.807, 2.05) is 36.7 Å². The minimum Gasteiger partial charge on any atom is -0.497 e. The van der Waals surface area contributed by atoms with Crippen LogP contribution in [0.15, 0.2) is 35.8 Å². The van der Waals surface area contributed by atoms with Crippen LogP contribution >= 0.6 is 11.3 Å². The Morgan fingerprint density at radius 3 is 2.67 bits per heavy atom. The van der Waals surface area contributed by atoms with Crippen LogP contribution in [0.2, 0.25) is 0 Å². The number of ether oxygens (including phenoxy) is 1. The molecule has 0 aliphatic carbocycles. The second kappa shape index (κ2) is 7.78. The fourth-order valence-electron chi connectivity index (χ4n) is 2.00. The van der Waals surface area contributed by atoms with Gasteiger partial charge in [-0.25, -0.2) is 4.98 Å². The molecule has 0 atom stereocenters. The van der Waals surface area contributed by atoms with Crippen LogP contribution in [0.1, 0.15) is 17.0 Å². The molecule has 1 aromatic heterocycles. The molecule has 21 heavy (non-hydrogen) atoms. The van der Waals surface area contributed by atoms with Crippen LogP contribution in [-0.2, 0) is 17.6 Å². The van der Waals surface area contributed by atoms with Crippen LogP contribution in [0.5, 0.6) is 5.75 Å². The molecule has 112 valence electrons. The van der Waals surface area contributed by atoms with Gasteiger partial charge in [0.2, 0.25) is 5.91 Å². The zero-order chi connectivity index (χ0) is 15.1. The highest BCUT2D eigenvalue weighted by atomic mass is 32.1. The van der Waals surface area contributed by atoms with Gasteiger partial charge in [0.15, 0.2) is 0 Å². The first-order chi connectivity index (χ1) is 10.2. The highest BCUT2D eigenvalue weighted by molar-refractivity contribution is 7.09. The normalized spacial score (nSPS) is 10.4. The van der Waals surface area contributed by atoms with Gasteiger partial charge in [0, 0.05) is 38.0 Å². The molecule has 0 saturated heterocycles. The lowest BCUT2D eigenvalue weighted by molar-refractivity contribution is -0.129. The number of methoxy groups -OCH3 is 1. The number of carbonyl (C=O) groups excluding carboxylic acids is 1. The van der Waals surface area contributed by atoms with E-state index in [-0.39, 0.29) is 5.91 Å². The summed E-state index contributed by atoms with van der Waals surface area (Å²) in [4.78, 5) is 18.1. The first-order valence-electron chi connectivity index (χ1n) is 6.94. The molecule has 1 heterocycles. The summed E-state index contributed by atoms with van der Waals surface area (Å²) in [6.45, 7) is 0.717. The van der Waals surface area contributed by atoms with Crippen LogP contribution in [0.3, 0.4) is 0 Å². The Hall–Kier alpha value is -1.88. The Kier molecular flexibility index (Phi) is 5.75. The van der Waals surface area contributed by atoms with E-state index in [0.717, 1.165) is 35.7 Å². The van der Waals surface area contributed by atoms with Gasteiger partial charge < -0.3 is 9.64 Å². The van der Waals surface area contributed by atoms with Crippen molar-refractivity contribution in [3.63, 3.8) is 0 Å². The predicted octanol–water partition coefficient (Wildman–Crippen LogP) is 2.79. The highest BCUT2D eigenvalue weighted by Crippen LogP contribution is 2.13. The van der Waals surface area contributed by atoms with Crippen molar-refractivity contribution in [3.8, 4) is 5.75 Å². The smallest absolute Gasteiger partial charge is 0.222 e. The van der Waals surface area contributed by atoms with Gasteiger partial charge in [0.05, 0.1) is 12.1 Å². The van der Waals surface area contributed by atoms with E-state index >= 15 is 0 Å². The van der Waals surface area contributed by atoms with Crippen LogP contribution in [0.4, 0.5) is 0 Å². The average molecular weight is 304 g/mol. The van der Waals surface area contributed by atoms with Crippen molar-refractivity contribution in [2.75, 3.05) is 20.7 Å². The largest absolute Gasteiger partial charge is 0.497 e. The Morgan fingerprint density at radius 1 is 1.29 bits per heavy atom. The fourth-order valence-corrected chi connectivity index (χ4v) is 2.61. The van der Waals surface area contributed by atoms with Gasteiger partial charge in [-0.3, -0.25) is 4.79 Å². The van der Waals surface area contributed by atoms with Crippen molar-refractivity contribution >= 4 is 17.2 Å². The van der Waals surface area contributed by atoms with Gasteiger partial charge in [-0.15, -0.1) is 11.3 Å². The zero-order valence-electron chi connectivity index (χ0n) is 12.4. The van der Waals surface area contributed by atoms with Crippen molar-refractivity contribution < 1.29 is 9.53 Å². The molecule has 5 heteroatoms. The summed E-state index contributed by atoms with van der Waals surface area (Å²) in [5.41, 5.74) is 1.15. The number of nitrogens with zero attached hydrogens (tertiary/aromatic N) is 2. The molecule has 0 radical (unpaired) electrons. The topological polar surface area (TPSA) is 42.4 Å². The molecule has 0 aliphatic rings. The lowest BCUT2D eigenvalue weighted by Gasteiger charge is -2.16. The van der Waals surface area contributed by atoms with Crippen molar-refractivity contribution in [1.29, 1.82) is 0 Å². The van der Waals surface area contributed by atoms with Crippen molar-refractivity contribution in [2.24, 2.45) is 0 Å². The molecule has 4 nitrogen and oxygen atoms in total. The van der Waals surface area contributed by atoms with E-state index in [1.54, 1.807) is 29.5 Å². The second-order valence-electron chi connectivity index (χ2n) is 4.84. The molecule has 1 amide bonds. The molecule has 0 N–H and O–H groups in total. The van der Waals surface area contributed by atoms with E-state index in [2.05, 4.69) is 4.98 Å². The number of rotatable bonds is 7. The SMILES string of the molecule is COc1ccc(CCC(=O)N(C)CCc2nccs2)cc1.